The maximum Gasteiger partial charge on any atom is 0.230 e. The van der Waals surface area contributed by atoms with Gasteiger partial charge in [0.2, 0.25) is 5.91 Å². The van der Waals surface area contributed by atoms with E-state index in [9.17, 15) is 4.79 Å². The van der Waals surface area contributed by atoms with E-state index in [1.54, 1.807) is 12.3 Å². The smallest absolute Gasteiger partial charge is 0.230 e. The summed E-state index contributed by atoms with van der Waals surface area (Å²) in [6, 6.07) is 17.9. The normalized spacial score (nSPS) is 10.8. The van der Waals surface area contributed by atoms with Crippen molar-refractivity contribution in [1.82, 2.24) is 9.97 Å². The Balaban J connectivity index is 1.40. The van der Waals surface area contributed by atoms with Gasteiger partial charge in [0.25, 0.3) is 0 Å². The molecule has 0 aliphatic carbocycles. The van der Waals surface area contributed by atoms with Crippen LogP contribution in [0.15, 0.2) is 67.0 Å². The predicted molar refractivity (Wildman–Crippen MR) is 114 cm³/mol. The second kappa shape index (κ2) is 7.56. The van der Waals surface area contributed by atoms with E-state index in [0.29, 0.717) is 12.2 Å². The van der Waals surface area contributed by atoms with Gasteiger partial charge in [0.15, 0.2) is 0 Å². The fourth-order valence-electron chi connectivity index (χ4n) is 3.29. The minimum atomic E-state index is -0.0904. The van der Waals surface area contributed by atoms with Crippen molar-refractivity contribution < 1.29 is 4.79 Å². The molecule has 2 aromatic heterocycles. The Labute approximate surface area is 163 Å². The van der Waals surface area contributed by atoms with Crippen LogP contribution in [0.25, 0.3) is 10.9 Å². The van der Waals surface area contributed by atoms with Crippen LogP contribution in [0.3, 0.4) is 0 Å². The van der Waals surface area contributed by atoms with Gasteiger partial charge in [-0.25, -0.2) is 4.98 Å². The van der Waals surface area contributed by atoms with E-state index >= 15 is 0 Å². The number of nitrogens with zero attached hydrogens (tertiary/aromatic N) is 1. The van der Waals surface area contributed by atoms with Crippen molar-refractivity contribution in [2.24, 2.45) is 0 Å². The van der Waals surface area contributed by atoms with Crippen molar-refractivity contribution in [2.75, 3.05) is 10.6 Å². The number of hydrogen-bond acceptors (Lipinski definition) is 3. The number of amides is 1. The van der Waals surface area contributed by atoms with Gasteiger partial charge in [-0.05, 0) is 49.2 Å². The minimum absolute atomic E-state index is 0.0904. The topological polar surface area (TPSA) is 69.8 Å². The Hall–Kier alpha value is -3.60. The van der Waals surface area contributed by atoms with E-state index in [0.717, 1.165) is 27.8 Å². The first-order chi connectivity index (χ1) is 13.6. The predicted octanol–water partition coefficient (Wildman–Crippen LogP) is 5.10. The van der Waals surface area contributed by atoms with E-state index in [1.807, 2.05) is 36.5 Å². The molecule has 0 unspecified atom stereocenters. The second-order valence-electron chi connectivity index (χ2n) is 6.96. The summed E-state index contributed by atoms with van der Waals surface area (Å²) in [4.78, 5) is 19.9. The van der Waals surface area contributed by atoms with Gasteiger partial charge in [0.1, 0.15) is 5.82 Å². The molecule has 0 aliphatic rings. The molecule has 2 heterocycles. The third-order valence-corrected chi connectivity index (χ3v) is 4.72. The molecule has 2 aromatic carbocycles. The monoisotopic (exact) mass is 370 g/mol. The zero-order valence-electron chi connectivity index (χ0n) is 15.9. The molecule has 140 valence electrons. The van der Waals surface area contributed by atoms with Crippen LogP contribution >= 0.6 is 0 Å². The molecule has 5 nitrogen and oxygen atoms in total. The number of benzene rings is 2. The lowest BCUT2D eigenvalue weighted by molar-refractivity contribution is -0.115. The van der Waals surface area contributed by atoms with Gasteiger partial charge in [0, 0.05) is 22.8 Å². The molecule has 1 amide bonds. The number of nitrogens with one attached hydrogen (secondary N) is 3. The molecule has 4 rings (SSSR count). The number of rotatable bonds is 5. The van der Waals surface area contributed by atoms with Crippen molar-refractivity contribution in [3.8, 4) is 0 Å². The molecule has 0 saturated carbocycles. The van der Waals surface area contributed by atoms with Crippen LogP contribution in [-0.2, 0) is 11.2 Å². The number of aromatic nitrogens is 2. The zero-order valence-corrected chi connectivity index (χ0v) is 15.9. The number of pyridine rings is 1. The Bertz CT molecular complexity index is 1130. The number of para-hydroxylation sites is 1. The second-order valence-corrected chi connectivity index (χ2v) is 6.96. The van der Waals surface area contributed by atoms with Crippen LogP contribution in [-0.4, -0.2) is 15.9 Å². The summed E-state index contributed by atoms with van der Waals surface area (Å²) in [6.45, 7) is 4.15. The first-order valence-electron chi connectivity index (χ1n) is 9.24. The largest absolute Gasteiger partial charge is 0.361 e. The highest BCUT2D eigenvalue weighted by Gasteiger charge is 2.09. The fourth-order valence-corrected chi connectivity index (χ4v) is 3.29. The summed E-state index contributed by atoms with van der Waals surface area (Å²) in [5, 5.41) is 7.29. The van der Waals surface area contributed by atoms with Gasteiger partial charge in [-0.1, -0.05) is 35.9 Å². The molecule has 0 aliphatic heterocycles. The molecule has 0 spiro atoms. The number of H-pyrrole nitrogens is 1. The number of aryl methyl sites for hydroxylation is 2. The third kappa shape index (κ3) is 3.88. The van der Waals surface area contributed by atoms with Gasteiger partial charge in [-0.2, -0.15) is 0 Å². The highest BCUT2D eigenvalue weighted by Crippen LogP contribution is 2.22. The van der Waals surface area contributed by atoms with Gasteiger partial charge in [0.05, 0.1) is 18.3 Å². The molecule has 0 saturated heterocycles. The molecule has 4 aromatic rings. The number of aromatic amines is 1. The summed E-state index contributed by atoms with van der Waals surface area (Å²) >= 11 is 0. The third-order valence-electron chi connectivity index (χ3n) is 4.72. The fraction of sp³-hybridized carbons (Fsp3) is 0.130. The lowest BCUT2D eigenvalue weighted by atomic mass is 10.1. The number of anilines is 3. The van der Waals surface area contributed by atoms with Gasteiger partial charge < -0.3 is 15.6 Å². The quantitative estimate of drug-likeness (QED) is 0.457. The van der Waals surface area contributed by atoms with Gasteiger partial charge in [-0.15, -0.1) is 0 Å². The van der Waals surface area contributed by atoms with Crippen LogP contribution in [0, 0.1) is 13.8 Å². The summed E-state index contributed by atoms with van der Waals surface area (Å²) < 4.78 is 0. The van der Waals surface area contributed by atoms with Crippen LogP contribution in [0.4, 0.5) is 17.2 Å². The summed E-state index contributed by atoms with van der Waals surface area (Å²) in [6.07, 6.45) is 3.91. The van der Waals surface area contributed by atoms with Gasteiger partial charge >= 0.3 is 0 Å². The van der Waals surface area contributed by atoms with Crippen molar-refractivity contribution in [1.29, 1.82) is 0 Å². The highest BCUT2D eigenvalue weighted by atomic mass is 16.1. The average Bonchev–Trinajstić information content (AvgIpc) is 3.08. The number of fused-ring (bicyclic) bond motifs is 1. The average molecular weight is 370 g/mol. The minimum Gasteiger partial charge on any atom is -0.361 e. The Kier molecular flexibility index (Phi) is 4.81. The van der Waals surface area contributed by atoms with Crippen LogP contribution in [0.1, 0.15) is 16.7 Å². The Morgan fingerprint density at radius 3 is 2.71 bits per heavy atom. The number of hydrogen-bond donors (Lipinski definition) is 3. The molecule has 0 fully saturated rings. The maximum atomic E-state index is 12.4. The summed E-state index contributed by atoms with van der Waals surface area (Å²) in [5.74, 6) is 0.448. The SMILES string of the molecule is Cc1ccc(Nc2ccc(NC(=O)Cc3c[nH]c4ccccc34)nc2)c(C)c1. The van der Waals surface area contributed by atoms with E-state index < -0.39 is 0 Å². The van der Waals surface area contributed by atoms with E-state index in [4.69, 9.17) is 0 Å². The first-order valence-corrected chi connectivity index (χ1v) is 9.24. The van der Waals surface area contributed by atoms with Gasteiger partial charge in [-0.3, -0.25) is 4.79 Å². The Morgan fingerprint density at radius 1 is 1.07 bits per heavy atom. The molecule has 0 bridgehead atoms. The summed E-state index contributed by atoms with van der Waals surface area (Å²) in [7, 11) is 0. The van der Waals surface area contributed by atoms with Crippen molar-refractivity contribution >= 4 is 34.0 Å². The molecule has 0 radical (unpaired) electrons. The first kappa shape index (κ1) is 17.8. The van der Waals surface area contributed by atoms with E-state index in [-0.39, 0.29) is 5.91 Å². The van der Waals surface area contributed by atoms with Crippen molar-refractivity contribution in [3.05, 3.63) is 83.7 Å². The lowest BCUT2D eigenvalue weighted by Crippen LogP contribution is -2.15. The number of carbonyl (C=O) groups excluding carboxylic acids is 1. The molecule has 5 heteroatoms. The van der Waals surface area contributed by atoms with Crippen LogP contribution in [0.2, 0.25) is 0 Å². The van der Waals surface area contributed by atoms with E-state index in [1.165, 1.54) is 11.1 Å². The Morgan fingerprint density at radius 2 is 1.93 bits per heavy atom. The molecular formula is C23H22N4O. The van der Waals surface area contributed by atoms with E-state index in [2.05, 4.69) is 52.6 Å². The standard InChI is InChI=1S/C23H22N4O/c1-15-7-9-20(16(2)11-15)26-18-8-10-22(25-14-18)27-23(28)12-17-13-24-21-6-4-3-5-19(17)21/h3-11,13-14,24,26H,12H2,1-2H3,(H,25,27,28). The highest BCUT2D eigenvalue weighted by molar-refractivity contribution is 5.95. The molecule has 0 atom stereocenters. The summed E-state index contributed by atoms with van der Waals surface area (Å²) in [5.41, 5.74) is 6.34. The molecule has 3 N–H and O–H groups in total. The number of carbonyl (C=O) groups is 1. The molecular weight excluding hydrogens is 348 g/mol. The zero-order chi connectivity index (χ0) is 19.5. The van der Waals surface area contributed by atoms with Crippen LogP contribution < -0.4 is 10.6 Å². The van der Waals surface area contributed by atoms with Crippen molar-refractivity contribution in [3.63, 3.8) is 0 Å². The van der Waals surface area contributed by atoms with Crippen molar-refractivity contribution in [2.45, 2.75) is 20.3 Å². The maximum absolute atomic E-state index is 12.4. The lowest BCUT2D eigenvalue weighted by Gasteiger charge is -2.11. The van der Waals surface area contributed by atoms with Crippen LogP contribution in [0.5, 0.6) is 0 Å². The molecule has 28 heavy (non-hydrogen) atoms.